The summed E-state index contributed by atoms with van der Waals surface area (Å²) in [5, 5.41) is 0. The first kappa shape index (κ1) is 9.49. The first-order valence-corrected chi connectivity index (χ1v) is 4.46. The molecular weight excluding hydrogens is 172 g/mol. The minimum atomic E-state index is 0.767. The summed E-state index contributed by atoms with van der Waals surface area (Å²) in [6.07, 6.45) is 4.68. The van der Waals surface area contributed by atoms with Crippen molar-refractivity contribution in [2.75, 3.05) is 6.54 Å². The summed E-state index contributed by atoms with van der Waals surface area (Å²) in [6, 6.07) is 3.95. The highest BCUT2D eigenvalue weighted by atomic mass is 35.5. The molecule has 0 spiro atoms. The first-order chi connectivity index (χ1) is 5.83. The normalized spacial score (nSPS) is 10.6. The van der Waals surface area contributed by atoms with Crippen LogP contribution < -0.4 is 0 Å². The third kappa shape index (κ3) is 3.20. The molecular formula is C9H13ClN2. The van der Waals surface area contributed by atoms with Crippen LogP contribution in [0.25, 0.3) is 0 Å². The topological polar surface area (TPSA) is 16.1 Å². The number of hydrogen-bond acceptors (Lipinski definition) is 2. The Morgan fingerprint density at radius 3 is 3.00 bits per heavy atom. The summed E-state index contributed by atoms with van der Waals surface area (Å²) in [6.45, 7) is 3.79. The molecule has 0 unspecified atom stereocenters. The van der Waals surface area contributed by atoms with Gasteiger partial charge in [0, 0.05) is 25.5 Å². The van der Waals surface area contributed by atoms with E-state index in [1.54, 1.807) is 10.6 Å². The third-order valence-corrected chi connectivity index (χ3v) is 1.83. The van der Waals surface area contributed by atoms with Gasteiger partial charge in [0.1, 0.15) is 0 Å². The number of pyridine rings is 1. The molecule has 0 aliphatic carbocycles. The Morgan fingerprint density at radius 1 is 1.58 bits per heavy atom. The van der Waals surface area contributed by atoms with Crippen molar-refractivity contribution in [2.24, 2.45) is 0 Å². The summed E-state index contributed by atoms with van der Waals surface area (Å²) < 4.78 is 1.77. The molecule has 0 radical (unpaired) electrons. The van der Waals surface area contributed by atoms with E-state index in [-0.39, 0.29) is 0 Å². The predicted octanol–water partition coefficient (Wildman–Crippen LogP) is 2.45. The predicted molar refractivity (Wildman–Crippen MR) is 50.8 cm³/mol. The zero-order valence-electron chi connectivity index (χ0n) is 7.20. The molecule has 1 rings (SSSR count). The number of hydrogen-bond donors (Lipinski definition) is 0. The Hall–Kier alpha value is -0.600. The van der Waals surface area contributed by atoms with Gasteiger partial charge in [0.15, 0.2) is 0 Å². The summed E-state index contributed by atoms with van der Waals surface area (Å²) >= 11 is 5.92. The Labute approximate surface area is 78.3 Å². The lowest BCUT2D eigenvalue weighted by Gasteiger charge is -2.11. The Morgan fingerprint density at radius 2 is 2.42 bits per heavy atom. The second-order valence-corrected chi connectivity index (χ2v) is 3.18. The van der Waals surface area contributed by atoms with E-state index in [0.29, 0.717) is 0 Å². The minimum absolute atomic E-state index is 0.767. The van der Waals surface area contributed by atoms with Crippen molar-refractivity contribution in [3.8, 4) is 0 Å². The van der Waals surface area contributed by atoms with Gasteiger partial charge in [-0.25, -0.2) is 4.42 Å². The Kier molecular flexibility index (Phi) is 4.05. The SMILES string of the molecule is CCCN(Cl)Cc1cccnc1. The van der Waals surface area contributed by atoms with Crippen molar-refractivity contribution < 1.29 is 0 Å². The van der Waals surface area contributed by atoms with Crippen LogP contribution in [-0.4, -0.2) is 15.9 Å². The number of aromatic nitrogens is 1. The maximum atomic E-state index is 5.92. The molecule has 0 aliphatic rings. The zero-order chi connectivity index (χ0) is 8.81. The highest BCUT2D eigenvalue weighted by Gasteiger charge is 1.99. The maximum absolute atomic E-state index is 5.92. The average Bonchev–Trinajstić information content (AvgIpc) is 2.06. The standard InChI is InChI=1S/C9H13ClN2/c1-2-6-12(10)8-9-4-3-5-11-7-9/h3-5,7H,2,6,8H2,1H3. The highest BCUT2D eigenvalue weighted by Crippen LogP contribution is 2.05. The van der Waals surface area contributed by atoms with Gasteiger partial charge in [-0.2, -0.15) is 0 Å². The average molecular weight is 185 g/mol. The largest absolute Gasteiger partial charge is 0.264 e. The zero-order valence-corrected chi connectivity index (χ0v) is 7.96. The minimum Gasteiger partial charge on any atom is -0.264 e. The lowest BCUT2D eigenvalue weighted by atomic mass is 10.3. The Bertz CT molecular complexity index is 213. The molecule has 1 heterocycles. The second kappa shape index (κ2) is 5.12. The molecule has 1 aromatic rings. The van der Waals surface area contributed by atoms with Gasteiger partial charge in [-0.1, -0.05) is 13.0 Å². The van der Waals surface area contributed by atoms with Crippen LogP contribution in [0, 0.1) is 0 Å². The van der Waals surface area contributed by atoms with E-state index in [0.717, 1.165) is 25.1 Å². The lowest BCUT2D eigenvalue weighted by molar-refractivity contribution is 0.448. The smallest absolute Gasteiger partial charge is 0.0405 e. The fraction of sp³-hybridized carbons (Fsp3) is 0.444. The monoisotopic (exact) mass is 184 g/mol. The molecule has 0 atom stereocenters. The van der Waals surface area contributed by atoms with E-state index in [9.17, 15) is 0 Å². The number of nitrogens with zero attached hydrogens (tertiary/aromatic N) is 2. The lowest BCUT2D eigenvalue weighted by Crippen LogP contribution is -2.12. The fourth-order valence-electron chi connectivity index (χ4n) is 1.01. The van der Waals surface area contributed by atoms with Gasteiger partial charge in [-0.05, 0) is 29.8 Å². The van der Waals surface area contributed by atoms with E-state index in [2.05, 4.69) is 11.9 Å². The molecule has 12 heavy (non-hydrogen) atoms. The number of halogens is 1. The summed E-state index contributed by atoms with van der Waals surface area (Å²) in [7, 11) is 0. The number of rotatable bonds is 4. The molecule has 3 heteroatoms. The van der Waals surface area contributed by atoms with Gasteiger partial charge in [-0.15, -0.1) is 0 Å². The van der Waals surface area contributed by atoms with Gasteiger partial charge in [-0.3, -0.25) is 4.98 Å². The fourth-order valence-corrected chi connectivity index (χ4v) is 1.32. The van der Waals surface area contributed by atoms with E-state index >= 15 is 0 Å². The molecule has 0 aromatic carbocycles. The van der Waals surface area contributed by atoms with Gasteiger partial charge in [0.2, 0.25) is 0 Å². The van der Waals surface area contributed by atoms with Crippen LogP contribution in [-0.2, 0) is 6.54 Å². The van der Waals surface area contributed by atoms with E-state index in [4.69, 9.17) is 11.8 Å². The third-order valence-electron chi connectivity index (χ3n) is 1.54. The van der Waals surface area contributed by atoms with Crippen LogP contribution >= 0.6 is 11.8 Å². The quantitative estimate of drug-likeness (QED) is 0.669. The van der Waals surface area contributed by atoms with E-state index in [1.807, 2.05) is 18.3 Å². The van der Waals surface area contributed by atoms with Crippen molar-refractivity contribution >= 4 is 11.8 Å². The molecule has 2 nitrogen and oxygen atoms in total. The van der Waals surface area contributed by atoms with Gasteiger partial charge < -0.3 is 0 Å². The molecule has 0 amide bonds. The van der Waals surface area contributed by atoms with Crippen LogP contribution in [0.3, 0.4) is 0 Å². The molecule has 0 N–H and O–H groups in total. The molecule has 0 saturated heterocycles. The van der Waals surface area contributed by atoms with Crippen molar-refractivity contribution in [3.05, 3.63) is 30.1 Å². The van der Waals surface area contributed by atoms with Crippen LogP contribution in [0.5, 0.6) is 0 Å². The molecule has 0 aliphatic heterocycles. The summed E-state index contributed by atoms with van der Waals surface area (Å²) in [5.74, 6) is 0. The second-order valence-electron chi connectivity index (χ2n) is 2.71. The first-order valence-electron chi connectivity index (χ1n) is 4.12. The van der Waals surface area contributed by atoms with Gasteiger partial charge in [0.25, 0.3) is 0 Å². The van der Waals surface area contributed by atoms with Crippen molar-refractivity contribution in [1.82, 2.24) is 9.40 Å². The van der Waals surface area contributed by atoms with Crippen LogP contribution in [0.1, 0.15) is 18.9 Å². The van der Waals surface area contributed by atoms with Crippen molar-refractivity contribution in [1.29, 1.82) is 0 Å². The van der Waals surface area contributed by atoms with Crippen molar-refractivity contribution in [3.63, 3.8) is 0 Å². The van der Waals surface area contributed by atoms with Crippen LogP contribution in [0.4, 0.5) is 0 Å². The Balaban J connectivity index is 2.41. The molecule has 0 bridgehead atoms. The van der Waals surface area contributed by atoms with Gasteiger partial charge in [0.05, 0.1) is 0 Å². The van der Waals surface area contributed by atoms with Gasteiger partial charge >= 0.3 is 0 Å². The maximum Gasteiger partial charge on any atom is 0.0405 e. The molecule has 1 aromatic heterocycles. The molecule has 0 saturated carbocycles. The van der Waals surface area contributed by atoms with Crippen molar-refractivity contribution in [2.45, 2.75) is 19.9 Å². The molecule has 0 fully saturated rings. The summed E-state index contributed by atoms with van der Waals surface area (Å²) in [5.41, 5.74) is 1.15. The van der Waals surface area contributed by atoms with Crippen LogP contribution in [0.2, 0.25) is 0 Å². The van der Waals surface area contributed by atoms with Crippen LogP contribution in [0.15, 0.2) is 24.5 Å². The summed E-state index contributed by atoms with van der Waals surface area (Å²) in [4.78, 5) is 4.01. The van der Waals surface area contributed by atoms with E-state index < -0.39 is 0 Å². The molecule has 66 valence electrons. The van der Waals surface area contributed by atoms with E-state index in [1.165, 1.54) is 0 Å². The highest BCUT2D eigenvalue weighted by molar-refractivity contribution is 6.13.